The van der Waals surface area contributed by atoms with Gasteiger partial charge in [0.1, 0.15) is 12.2 Å². The predicted molar refractivity (Wildman–Crippen MR) is 108 cm³/mol. The van der Waals surface area contributed by atoms with Gasteiger partial charge in [0.2, 0.25) is 11.7 Å². The number of carbonyl (C=O) groups is 1. The fourth-order valence-corrected chi connectivity index (χ4v) is 2.71. The van der Waals surface area contributed by atoms with Crippen molar-refractivity contribution in [3.8, 4) is 23.0 Å². The molecule has 1 aromatic carbocycles. The molecule has 0 saturated carbocycles. The van der Waals surface area contributed by atoms with Crippen molar-refractivity contribution in [1.29, 1.82) is 0 Å². The number of hydrogen-bond acceptors (Lipinski definition) is 7. The van der Waals surface area contributed by atoms with Gasteiger partial charge in [0.15, 0.2) is 0 Å². The number of carbonyl (C=O) groups excluding carboxylic acids is 1. The molecule has 1 N–H and O–H groups in total. The molecule has 0 bridgehead atoms. The molecule has 1 amide bonds. The molecule has 0 fully saturated rings. The second-order valence-corrected chi connectivity index (χ2v) is 6.64. The Kier molecular flexibility index (Phi) is 5.42. The zero-order valence-corrected chi connectivity index (χ0v) is 16.1. The third-order valence-electron chi connectivity index (χ3n) is 4.34. The van der Waals surface area contributed by atoms with Crippen molar-refractivity contribution >= 4 is 5.91 Å². The molecule has 0 aliphatic heterocycles. The molecular weight excluding hydrogens is 384 g/mol. The second-order valence-electron chi connectivity index (χ2n) is 6.64. The standard InChI is InChI=1S/C21H18N6O3/c1-14-4-6-15(7-5-14)11-23-18(28)13-27-19(29)9-8-17(25-27)21-24-20(26-30-21)16-3-2-10-22-12-16/h2-10,12H,11,13H2,1H3,(H,23,28). The average molecular weight is 402 g/mol. The molecule has 0 radical (unpaired) electrons. The van der Waals surface area contributed by atoms with E-state index in [4.69, 9.17) is 4.52 Å². The SMILES string of the molecule is Cc1ccc(CNC(=O)Cn2nc(-c3nc(-c4cccnc4)no3)ccc2=O)cc1. The van der Waals surface area contributed by atoms with Crippen LogP contribution in [0.1, 0.15) is 11.1 Å². The minimum Gasteiger partial charge on any atom is -0.350 e. The van der Waals surface area contributed by atoms with E-state index in [1.165, 1.54) is 12.1 Å². The highest BCUT2D eigenvalue weighted by Crippen LogP contribution is 2.19. The fraction of sp³-hybridized carbons (Fsp3) is 0.143. The van der Waals surface area contributed by atoms with Crippen molar-refractivity contribution in [1.82, 2.24) is 30.2 Å². The summed E-state index contributed by atoms with van der Waals surface area (Å²) in [6, 6.07) is 14.2. The lowest BCUT2D eigenvalue weighted by molar-refractivity contribution is -0.122. The van der Waals surface area contributed by atoms with Gasteiger partial charge in [0.25, 0.3) is 11.4 Å². The van der Waals surface area contributed by atoms with E-state index in [1.54, 1.807) is 24.5 Å². The van der Waals surface area contributed by atoms with Crippen LogP contribution in [-0.2, 0) is 17.9 Å². The lowest BCUT2D eigenvalue weighted by Crippen LogP contribution is -2.33. The Labute approximate surface area is 171 Å². The third-order valence-corrected chi connectivity index (χ3v) is 4.34. The molecule has 3 aromatic heterocycles. The van der Waals surface area contributed by atoms with Crippen LogP contribution in [-0.4, -0.2) is 30.8 Å². The van der Waals surface area contributed by atoms with Crippen LogP contribution in [0.5, 0.6) is 0 Å². The number of nitrogens with zero attached hydrogens (tertiary/aromatic N) is 5. The van der Waals surface area contributed by atoms with E-state index in [9.17, 15) is 9.59 Å². The topological polar surface area (TPSA) is 116 Å². The molecule has 0 aliphatic rings. The van der Waals surface area contributed by atoms with Crippen molar-refractivity contribution < 1.29 is 9.32 Å². The van der Waals surface area contributed by atoms with Crippen molar-refractivity contribution in [2.45, 2.75) is 20.0 Å². The minimum atomic E-state index is -0.406. The Bertz CT molecular complexity index is 1220. The molecule has 9 nitrogen and oxygen atoms in total. The molecule has 3 heterocycles. The summed E-state index contributed by atoms with van der Waals surface area (Å²) in [7, 11) is 0. The Morgan fingerprint density at radius 2 is 1.97 bits per heavy atom. The first-order valence-corrected chi connectivity index (χ1v) is 9.23. The van der Waals surface area contributed by atoms with E-state index >= 15 is 0 Å². The van der Waals surface area contributed by atoms with Gasteiger partial charge in [-0.3, -0.25) is 14.6 Å². The first kappa shape index (κ1) is 19.2. The van der Waals surface area contributed by atoms with Crippen LogP contribution in [0, 0.1) is 6.92 Å². The van der Waals surface area contributed by atoms with Crippen molar-refractivity contribution in [2.24, 2.45) is 0 Å². The van der Waals surface area contributed by atoms with Crippen LogP contribution in [0.3, 0.4) is 0 Å². The summed E-state index contributed by atoms with van der Waals surface area (Å²) in [6.07, 6.45) is 3.26. The fourth-order valence-electron chi connectivity index (χ4n) is 2.71. The maximum absolute atomic E-state index is 12.3. The summed E-state index contributed by atoms with van der Waals surface area (Å²) in [6.45, 7) is 2.14. The molecule has 30 heavy (non-hydrogen) atoms. The number of pyridine rings is 1. The highest BCUT2D eigenvalue weighted by Gasteiger charge is 2.14. The van der Waals surface area contributed by atoms with Gasteiger partial charge in [0, 0.05) is 30.6 Å². The number of rotatable bonds is 6. The van der Waals surface area contributed by atoms with Crippen LogP contribution < -0.4 is 10.9 Å². The van der Waals surface area contributed by atoms with E-state index in [0.29, 0.717) is 23.6 Å². The largest absolute Gasteiger partial charge is 0.350 e. The van der Waals surface area contributed by atoms with E-state index in [0.717, 1.165) is 15.8 Å². The molecule has 0 spiro atoms. The molecule has 4 aromatic rings. The van der Waals surface area contributed by atoms with Gasteiger partial charge in [0.05, 0.1) is 0 Å². The lowest BCUT2D eigenvalue weighted by atomic mass is 10.1. The van der Waals surface area contributed by atoms with E-state index in [1.807, 2.05) is 31.2 Å². The molecule has 0 aliphatic carbocycles. The van der Waals surface area contributed by atoms with Crippen LogP contribution in [0.25, 0.3) is 23.0 Å². The van der Waals surface area contributed by atoms with Gasteiger partial charge < -0.3 is 9.84 Å². The van der Waals surface area contributed by atoms with Gasteiger partial charge in [-0.25, -0.2) is 4.68 Å². The molecule has 0 unspecified atom stereocenters. The first-order chi connectivity index (χ1) is 14.6. The van der Waals surface area contributed by atoms with Gasteiger partial charge in [-0.2, -0.15) is 10.1 Å². The maximum Gasteiger partial charge on any atom is 0.278 e. The number of benzene rings is 1. The highest BCUT2D eigenvalue weighted by molar-refractivity contribution is 5.75. The number of nitrogens with one attached hydrogen (secondary N) is 1. The number of aromatic nitrogens is 5. The molecule has 150 valence electrons. The molecule has 0 saturated heterocycles. The summed E-state index contributed by atoms with van der Waals surface area (Å²) in [5.74, 6) is 0.167. The van der Waals surface area contributed by atoms with Crippen LogP contribution in [0.4, 0.5) is 0 Å². The quantitative estimate of drug-likeness (QED) is 0.524. The van der Waals surface area contributed by atoms with Gasteiger partial charge >= 0.3 is 0 Å². The Morgan fingerprint density at radius 1 is 1.13 bits per heavy atom. The van der Waals surface area contributed by atoms with Gasteiger partial charge in [-0.1, -0.05) is 35.0 Å². The Hall–Kier alpha value is -4.14. The summed E-state index contributed by atoms with van der Waals surface area (Å²) in [4.78, 5) is 32.7. The second kappa shape index (κ2) is 8.48. The number of aryl methyl sites for hydroxylation is 1. The van der Waals surface area contributed by atoms with Crippen LogP contribution in [0.2, 0.25) is 0 Å². The van der Waals surface area contributed by atoms with Gasteiger partial charge in [-0.05, 0) is 30.7 Å². The predicted octanol–water partition coefficient (Wildman–Crippen LogP) is 1.98. The summed E-state index contributed by atoms with van der Waals surface area (Å²) >= 11 is 0. The van der Waals surface area contributed by atoms with Crippen LogP contribution >= 0.6 is 0 Å². The Morgan fingerprint density at radius 3 is 2.73 bits per heavy atom. The van der Waals surface area contributed by atoms with Crippen molar-refractivity contribution in [3.05, 3.63) is 82.4 Å². The number of hydrogen-bond donors (Lipinski definition) is 1. The number of amides is 1. The van der Waals surface area contributed by atoms with Crippen molar-refractivity contribution in [2.75, 3.05) is 0 Å². The monoisotopic (exact) mass is 402 g/mol. The van der Waals surface area contributed by atoms with E-state index < -0.39 is 5.56 Å². The van der Waals surface area contributed by atoms with E-state index in [2.05, 4.69) is 25.5 Å². The summed E-state index contributed by atoms with van der Waals surface area (Å²) in [5.41, 5.74) is 2.69. The molecule has 4 rings (SSSR count). The maximum atomic E-state index is 12.3. The average Bonchev–Trinajstić information content (AvgIpc) is 3.26. The van der Waals surface area contributed by atoms with E-state index in [-0.39, 0.29) is 18.3 Å². The lowest BCUT2D eigenvalue weighted by Gasteiger charge is -2.07. The highest BCUT2D eigenvalue weighted by atomic mass is 16.5. The zero-order valence-electron chi connectivity index (χ0n) is 16.1. The minimum absolute atomic E-state index is 0.141. The summed E-state index contributed by atoms with van der Waals surface area (Å²) < 4.78 is 6.32. The zero-order chi connectivity index (χ0) is 20.9. The molecule has 9 heteroatoms. The summed E-state index contributed by atoms with van der Waals surface area (Å²) in [5, 5.41) is 10.9. The van der Waals surface area contributed by atoms with Crippen molar-refractivity contribution in [3.63, 3.8) is 0 Å². The first-order valence-electron chi connectivity index (χ1n) is 9.23. The van der Waals surface area contributed by atoms with Gasteiger partial charge in [-0.15, -0.1) is 0 Å². The third kappa shape index (κ3) is 4.46. The molecule has 0 atom stereocenters. The Balaban J connectivity index is 1.47. The molecular formula is C21H18N6O3. The normalized spacial score (nSPS) is 10.7. The smallest absolute Gasteiger partial charge is 0.278 e. The van der Waals surface area contributed by atoms with Crippen LogP contribution in [0.15, 0.2) is 70.2 Å².